The summed E-state index contributed by atoms with van der Waals surface area (Å²) in [6, 6.07) is 13.3. The van der Waals surface area contributed by atoms with Crippen LogP contribution < -0.4 is 10.1 Å². The van der Waals surface area contributed by atoms with Crippen LogP contribution in [0.25, 0.3) is 0 Å². The van der Waals surface area contributed by atoms with Gasteiger partial charge in [-0.2, -0.15) is 0 Å². The van der Waals surface area contributed by atoms with Crippen molar-refractivity contribution in [3.05, 3.63) is 58.6 Å². The average Bonchev–Trinajstić information content (AvgIpc) is 2.56. The third kappa shape index (κ3) is 5.44. The van der Waals surface area contributed by atoms with E-state index >= 15 is 0 Å². The number of nitrogens with one attached hydrogen (secondary N) is 1. The summed E-state index contributed by atoms with van der Waals surface area (Å²) in [5.41, 5.74) is 0.555. The summed E-state index contributed by atoms with van der Waals surface area (Å²) in [4.78, 5) is 23.7. The molecule has 2 aromatic rings. The van der Waals surface area contributed by atoms with E-state index in [2.05, 4.69) is 5.32 Å². The molecule has 0 heterocycles. The maximum atomic E-state index is 12.0. The first-order valence-corrected chi connectivity index (χ1v) is 7.84. The minimum absolute atomic E-state index is 0.345. The zero-order chi connectivity index (χ0) is 17.5. The van der Waals surface area contributed by atoms with E-state index < -0.39 is 18.0 Å². The van der Waals surface area contributed by atoms with E-state index in [0.717, 1.165) is 0 Å². The fraction of sp³-hybridized carbons (Fsp3) is 0.176. The van der Waals surface area contributed by atoms with Gasteiger partial charge in [0, 0.05) is 10.7 Å². The molecule has 0 aliphatic heterocycles. The molecule has 0 saturated carbocycles. The summed E-state index contributed by atoms with van der Waals surface area (Å²) in [6.45, 7) is 1.13. The molecule has 1 N–H and O–H groups in total. The molecule has 1 atom stereocenters. The second-order valence-corrected chi connectivity index (χ2v) is 5.69. The molecule has 0 spiro atoms. The topological polar surface area (TPSA) is 64.6 Å². The predicted octanol–water partition coefficient (Wildman–Crippen LogP) is 3.94. The highest BCUT2D eigenvalue weighted by molar-refractivity contribution is 6.32. The first-order valence-electron chi connectivity index (χ1n) is 7.09. The van der Waals surface area contributed by atoms with Crippen molar-refractivity contribution in [2.24, 2.45) is 0 Å². The number of carbonyl (C=O) groups excluding carboxylic acids is 2. The molecule has 0 aliphatic rings. The van der Waals surface area contributed by atoms with Crippen molar-refractivity contribution in [3.63, 3.8) is 0 Å². The Morgan fingerprint density at radius 1 is 1.08 bits per heavy atom. The number of carbonyl (C=O) groups is 2. The number of hydrogen-bond donors (Lipinski definition) is 1. The summed E-state index contributed by atoms with van der Waals surface area (Å²) in [7, 11) is 0. The van der Waals surface area contributed by atoms with Gasteiger partial charge >= 0.3 is 5.97 Å². The first kappa shape index (κ1) is 18.1. The van der Waals surface area contributed by atoms with Crippen molar-refractivity contribution in [2.45, 2.75) is 13.0 Å². The molecule has 24 heavy (non-hydrogen) atoms. The maximum Gasteiger partial charge on any atom is 0.344 e. The predicted molar refractivity (Wildman–Crippen MR) is 92.6 cm³/mol. The Morgan fingerprint density at radius 2 is 1.75 bits per heavy atom. The lowest BCUT2D eigenvalue weighted by Gasteiger charge is -2.14. The van der Waals surface area contributed by atoms with Crippen LogP contribution in [0.15, 0.2) is 48.5 Å². The first-order chi connectivity index (χ1) is 11.5. The van der Waals surface area contributed by atoms with E-state index in [1.807, 2.05) is 0 Å². The van der Waals surface area contributed by atoms with Crippen LogP contribution in [0.1, 0.15) is 6.92 Å². The van der Waals surface area contributed by atoms with E-state index in [9.17, 15) is 9.59 Å². The zero-order valence-electron chi connectivity index (χ0n) is 12.8. The highest BCUT2D eigenvalue weighted by Gasteiger charge is 2.18. The van der Waals surface area contributed by atoms with Gasteiger partial charge in [-0.25, -0.2) is 4.79 Å². The molecule has 126 valence electrons. The molecule has 2 aromatic carbocycles. The number of anilines is 1. The molecule has 0 saturated heterocycles. The molecular formula is C17H15Cl2NO4. The van der Waals surface area contributed by atoms with Crippen LogP contribution in [-0.2, 0) is 14.3 Å². The van der Waals surface area contributed by atoms with Gasteiger partial charge in [0.25, 0.3) is 5.91 Å². The molecular weight excluding hydrogens is 353 g/mol. The van der Waals surface area contributed by atoms with E-state index in [1.165, 1.54) is 6.92 Å². The van der Waals surface area contributed by atoms with Gasteiger partial charge in [0.2, 0.25) is 0 Å². The molecule has 2 rings (SSSR count). The second-order valence-electron chi connectivity index (χ2n) is 4.85. The van der Waals surface area contributed by atoms with E-state index in [-0.39, 0.29) is 6.61 Å². The minimum atomic E-state index is -0.969. The molecule has 0 aromatic heterocycles. The van der Waals surface area contributed by atoms with Crippen molar-refractivity contribution in [3.8, 4) is 5.75 Å². The van der Waals surface area contributed by atoms with Gasteiger partial charge in [0.05, 0.1) is 5.02 Å². The van der Waals surface area contributed by atoms with Crippen LogP contribution in [0.4, 0.5) is 5.69 Å². The fourth-order valence-electron chi connectivity index (χ4n) is 1.76. The van der Waals surface area contributed by atoms with Crippen LogP contribution in [0.5, 0.6) is 5.75 Å². The van der Waals surface area contributed by atoms with Gasteiger partial charge in [-0.3, -0.25) is 4.79 Å². The van der Waals surface area contributed by atoms with Crippen LogP contribution in [0.3, 0.4) is 0 Å². The summed E-state index contributed by atoms with van der Waals surface area (Å²) < 4.78 is 10.3. The van der Waals surface area contributed by atoms with Crippen molar-refractivity contribution in [1.82, 2.24) is 0 Å². The third-order valence-electron chi connectivity index (χ3n) is 2.97. The molecule has 1 unspecified atom stereocenters. The third-order valence-corrected chi connectivity index (χ3v) is 3.54. The summed E-state index contributed by atoms with van der Waals surface area (Å²) in [6.07, 6.45) is -0.969. The highest BCUT2D eigenvalue weighted by atomic mass is 35.5. The monoisotopic (exact) mass is 367 g/mol. The van der Waals surface area contributed by atoms with E-state index in [4.69, 9.17) is 32.7 Å². The minimum Gasteiger partial charge on any atom is -0.480 e. The maximum absolute atomic E-state index is 12.0. The van der Waals surface area contributed by atoms with E-state index in [1.54, 1.807) is 48.5 Å². The van der Waals surface area contributed by atoms with Crippen LogP contribution in [0.2, 0.25) is 10.0 Å². The highest BCUT2D eigenvalue weighted by Crippen LogP contribution is 2.23. The second kappa shape index (κ2) is 8.57. The quantitative estimate of drug-likeness (QED) is 0.785. The number of benzene rings is 2. The van der Waals surface area contributed by atoms with Crippen LogP contribution in [-0.4, -0.2) is 24.6 Å². The van der Waals surface area contributed by atoms with Gasteiger partial charge < -0.3 is 14.8 Å². The number of amides is 1. The number of hydrogen-bond acceptors (Lipinski definition) is 4. The number of halogens is 2. The molecule has 0 bridgehead atoms. The smallest absolute Gasteiger partial charge is 0.344 e. The van der Waals surface area contributed by atoms with Crippen molar-refractivity contribution in [1.29, 1.82) is 0 Å². The number of rotatable bonds is 6. The largest absolute Gasteiger partial charge is 0.480 e. The molecule has 0 fully saturated rings. The van der Waals surface area contributed by atoms with Crippen LogP contribution in [0, 0.1) is 0 Å². The van der Waals surface area contributed by atoms with Crippen molar-refractivity contribution < 1.29 is 19.1 Å². The lowest BCUT2D eigenvalue weighted by atomic mass is 10.3. The molecule has 7 heteroatoms. The average molecular weight is 368 g/mol. The van der Waals surface area contributed by atoms with Gasteiger partial charge in [0.1, 0.15) is 5.75 Å². The van der Waals surface area contributed by atoms with Gasteiger partial charge in [0.15, 0.2) is 12.7 Å². The Morgan fingerprint density at radius 3 is 2.42 bits per heavy atom. The molecule has 0 radical (unpaired) electrons. The Labute approximate surface area is 149 Å². The fourth-order valence-corrected chi connectivity index (χ4v) is 2.08. The number of ether oxygens (including phenoxy) is 2. The normalized spacial score (nSPS) is 11.5. The van der Waals surface area contributed by atoms with Crippen molar-refractivity contribution >= 4 is 40.8 Å². The number of para-hydroxylation sites is 1. The molecule has 0 aliphatic carbocycles. The Kier molecular flexibility index (Phi) is 6.46. The van der Waals surface area contributed by atoms with Gasteiger partial charge in [-0.1, -0.05) is 35.3 Å². The SMILES string of the molecule is CC(OC(=O)COc1ccccc1Cl)C(=O)Nc1ccc(Cl)cc1. The van der Waals surface area contributed by atoms with Crippen molar-refractivity contribution in [2.75, 3.05) is 11.9 Å². The summed E-state index contributed by atoms with van der Waals surface area (Å²) >= 11 is 11.7. The lowest BCUT2D eigenvalue weighted by molar-refractivity contribution is -0.155. The molecule has 5 nitrogen and oxygen atoms in total. The van der Waals surface area contributed by atoms with Gasteiger partial charge in [-0.05, 0) is 43.3 Å². The van der Waals surface area contributed by atoms with E-state index in [0.29, 0.717) is 21.5 Å². The van der Waals surface area contributed by atoms with Crippen LogP contribution >= 0.6 is 23.2 Å². The lowest BCUT2D eigenvalue weighted by Crippen LogP contribution is -2.31. The Hall–Kier alpha value is -2.24. The summed E-state index contributed by atoms with van der Waals surface area (Å²) in [5, 5.41) is 3.57. The Balaban J connectivity index is 1.81. The Bertz CT molecular complexity index is 719. The summed E-state index contributed by atoms with van der Waals surface area (Å²) in [5.74, 6) is -0.758. The van der Waals surface area contributed by atoms with Gasteiger partial charge in [-0.15, -0.1) is 0 Å². The number of esters is 1. The molecule has 1 amide bonds. The standard InChI is InChI=1S/C17H15Cl2NO4/c1-11(17(22)20-13-8-6-12(18)7-9-13)24-16(21)10-23-15-5-3-2-4-14(15)19/h2-9,11H,10H2,1H3,(H,20,22). The zero-order valence-corrected chi connectivity index (χ0v) is 14.3.